The van der Waals surface area contributed by atoms with Crippen LogP contribution in [0.3, 0.4) is 0 Å². The van der Waals surface area contributed by atoms with Gasteiger partial charge in [0.05, 0.1) is 23.7 Å². The highest BCUT2D eigenvalue weighted by molar-refractivity contribution is 9.10. The number of primary amides is 1. The lowest BCUT2D eigenvalue weighted by molar-refractivity contribution is -0.119. The fourth-order valence-electron chi connectivity index (χ4n) is 4.26. The fraction of sp³-hybridized carbons (Fsp3) is 0.360. The number of carbonyl (C=O) groups excluding carboxylic acids is 1. The van der Waals surface area contributed by atoms with Gasteiger partial charge >= 0.3 is 0 Å². The predicted octanol–water partition coefficient (Wildman–Crippen LogP) is 5.77. The minimum atomic E-state index is -0.639. The van der Waals surface area contributed by atoms with Gasteiger partial charge in [0.1, 0.15) is 10.8 Å². The van der Waals surface area contributed by atoms with E-state index in [1.165, 1.54) is 17.3 Å². The summed E-state index contributed by atoms with van der Waals surface area (Å²) < 4.78 is 13.8. The Morgan fingerprint density at radius 1 is 1.25 bits per heavy atom. The third-order valence-electron chi connectivity index (χ3n) is 5.93. The molecule has 0 atom stereocenters. The monoisotopic (exact) mass is 638 g/mol. The summed E-state index contributed by atoms with van der Waals surface area (Å²) in [4.78, 5) is 29.6. The van der Waals surface area contributed by atoms with Gasteiger partial charge in [0.15, 0.2) is 18.1 Å². The van der Waals surface area contributed by atoms with Gasteiger partial charge in [-0.25, -0.2) is 4.98 Å². The maximum Gasteiger partial charge on any atom is 0.282 e. The van der Waals surface area contributed by atoms with Gasteiger partial charge < -0.3 is 15.2 Å². The standard InChI is InChI=1S/C25H25Br2ClN4O4/c1-2-35-19-10-15(21(27)22(28)23(19)36-13-20(29)33)12-30-32-24(14-6-4-3-5-7-14)31-18-9-8-16(26)11-17(18)25(32)34/h8-12,14H,2-7,13H2,1H3,(H2,29,33). The molecule has 1 aliphatic rings. The third kappa shape index (κ3) is 5.76. The zero-order valence-electron chi connectivity index (χ0n) is 19.6. The van der Waals surface area contributed by atoms with Crippen LogP contribution in [0.1, 0.15) is 56.3 Å². The second-order valence-electron chi connectivity index (χ2n) is 8.44. The number of halogens is 3. The number of nitrogens with two attached hydrogens (primary N) is 1. The number of aromatic nitrogens is 2. The average Bonchev–Trinajstić information content (AvgIpc) is 2.86. The van der Waals surface area contributed by atoms with E-state index in [1.54, 1.807) is 12.1 Å². The summed E-state index contributed by atoms with van der Waals surface area (Å²) in [6.45, 7) is 1.81. The number of amides is 1. The predicted molar refractivity (Wildman–Crippen MR) is 148 cm³/mol. The summed E-state index contributed by atoms with van der Waals surface area (Å²) in [5, 5.41) is 5.25. The Morgan fingerprint density at radius 3 is 2.69 bits per heavy atom. The largest absolute Gasteiger partial charge is 0.490 e. The van der Waals surface area contributed by atoms with Crippen molar-refractivity contribution in [1.82, 2.24) is 9.66 Å². The molecule has 8 nitrogen and oxygen atoms in total. The number of carbonyl (C=O) groups is 1. The van der Waals surface area contributed by atoms with Gasteiger partial charge in [-0.2, -0.15) is 9.78 Å². The van der Waals surface area contributed by atoms with Crippen molar-refractivity contribution in [3.05, 3.63) is 60.0 Å². The first kappa shape index (κ1) is 26.6. The zero-order chi connectivity index (χ0) is 25.8. The van der Waals surface area contributed by atoms with Gasteiger partial charge in [0, 0.05) is 20.4 Å². The number of ether oxygens (including phenoxy) is 2. The van der Waals surface area contributed by atoms with E-state index in [2.05, 4.69) is 37.0 Å². The van der Waals surface area contributed by atoms with Crippen LogP contribution in [-0.2, 0) is 4.79 Å². The molecule has 190 valence electrons. The van der Waals surface area contributed by atoms with Crippen molar-refractivity contribution in [3.63, 3.8) is 0 Å². The molecule has 0 spiro atoms. The van der Waals surface area contributed by atoms with E-state index >= 15 is 0 Å². The van der Waals surface area contributed by atoms with Crippen LogP contribution in [0, 0.1) is 0 Å². The molecule has 2 aromatic carbocycles. The molecular weight excluding hydrogens is 616 g/mol. The molecule has 0 saturated heterocycles. The molecule has 11 heteroatoms. The molecule has 1 fully saturated rings. The van der Waals surface area contributed by atoms with Crippen LogP contribution in [0.15, 0.2) is 43.1 Å². The van der Waals surface area contributed by atoms with Gasteiger partial charge in [0.25, 0.3) is 11.5 Å². The summed E-state index contributed by atoms with van der Waals surface area (Å²) in [7, 11) is 0. The lowest BCUT2D eigenvalue weighted by atomic mass is 9.88. The molecule has 2 N–H and O–H groups in total. The fourth-order valence-corrected chi connectivity index (χ4v) is 5.28. The van der Waals surface area contributed by atoms with Crippen LogP contribution in [-0.4, -0.2) is 35.0 Å². The Balaban J connectivity index is 1.83. The first-order valence-corrected chi connectivity index (χ1v) is 13.6. The number of nitrogens with zero attached hydrogens (tertiary/aromatic N) is 3. The highest BCUT2D eigenvalue weighted by Crippen LogP contribution is 2.42. The molecule has 0 unspecified atom stereocenters. The molecule has 1 amide bonds. The van der Waals surface area contributed by atoms with Crippen LogP contribution in [0.5, 0.6) is 11.5 Å². The van der Waals surface area contributed by atoms with Gasteiger partial charge in [-0.05, 0) is 60.0 Å². The highest BCUT2D eigenvalue weighted by atomic mass is 79.9. The Morgan fingerprint density at radius 2 is 2.00 bits per heavy atom. The summed E-state index contributed by atoms with van der Waals surface area (Å²) in [5.74, 6) is 0.680. The van der Waals surface area contributed by atoms with E-state index in [1.807, 2.05) is 19.1 Å². The van der Waals surface area contributed by atoms with Crippen molar-refractivity contribution in [2.24, 2.45) is 10.8 Å². The first-order valence-electron chi connectivity index (χ1n) is 11.6. The van der Waals surface area contributed by atoms with E-state index in [0.717, 1.165) is 30.2 Å². The van der Waals surface area contributed by atoms with Gasteiger partial charge in [-0.15, -0.1) is 0 Å². The average molecular weight is 641 g/mol. The second-order valence-corrected chi connectivity index (χ2v) is 10.5. The van der Waals surface area contributed by atoms with E-state index in [9.17, 15) is 9.59 Å². The summed E-state index contributed by atoms with van der Waals surface area (Å²) in [6.07, 6.45) is 6.82. The minimum absolute atomic E-state index is 0.146. The Hall–Kier alpha value is -2.43. The van der Waals surface area contributed by atoms with Crippen LogP contribution in [0.2, 0.25) is 5.02 Å². The van der Waals surface area contributed by atoms with E-state index < -0.39 is 5.91 Å². The maximum atomic E-state index is 13.6. The van der Waals surface area contributed by atoms with Crippen LogP contribution < -0.4 is 20.8 Å². The van der Waals surface area contributed by atoms with Gasteiger partial charge in [-0.1, -0.05) is 46.8 Å². The molecule has 1 aliphatic carbocycles. The Bertz CT molecular complexity index is 1390. The first-order chi connectivity index (χ1) is 17.3. The quantitative estimate of drug-likeness (QED) is 0.315. The second kappa shape index (κ2) is 11.7. The molecule has 36 heavy (non-hydrogen) atoms. The SMILES string of the molecule is CCOc1cc(C=Nn2c(C3CCCCC3)nc3ccc(Br)cc3c2=O)c(Br)c(Cl)c1OCC(N)=O. The van der Waals surface area contributed by atoms with Gasteiger partial charge in [0.2, 0.25) is 0 Å². The Kier molecular flexibility index (Phi) is 8.69. The van der Waals surface area contributed by atoms with Crippen molar-refractivity contribution < 1.29 is 14.3 Å². The smallest absolute Gasteiger partial charge is 0.282 e. The molecule has 1 saturated carbocycles. The van der Waals surface area contributed by atoms with Crippen LogP contribution >= 0.6 is 43.5 Å². The number of fused-ring (bicyclic) bond motifs is 1. The molecule has 1 heterocycles. The van der Waals surface area contributed by atoms with E-state index in [-0.39, 0.29) is 28.9 Å². The number of hydrogen-bond acceptors (Lipinski definition) is 6. The summed E-state index contributed by atoms with van der Waals surface area (Å²) in [6, 6.07) is 7.15. The third-order valence-corrected chi connectivity index (χ3v) is 7.87. The van der Waals surface area contributed by atoms with Crippen molar-refractivity contribution >= 4 is 66.5 Å². The molecule has 1 aromatic heterocycles. The van der Waals surface area contributed by atoms with Crippen LogP contribution in [0.4, 0.5) is 0 Å². The van der Waals surface area contributed by atoms with E-state index in [0.29, 0.717) is 39.1 Å². The molecule has 4 rings (SSSR count). The van der Waals surface area contributed by atoms with Gasteiger partial charge in [-0.3, -0.25) is 9.59 Å². The normalized spacial score (nSPS) is 14.4. The molecular formula is C25H25Br2ClN4O4. The maximum absolute atomic E-state index is 13.6. The number of benzene rings is 2. The molecule has 0 bridgehead atoms. The molecule has 0 aliphatic heterocycles. The van der Waals surface area contributed by atoms with Crippen molar-refractivity contribution in [2.75, 3.05) is 13.2 Å². The van der Waals surface area contributed by atoms with E-state index in [4.69, 9.17) is 31.8 Å². The zero-order valence-corrected chi connectivity index (χ0v) is 23.5. The Labute approximate surface area is 230 Å². The van der Waals surface area contributed by atoms with Crippen molar-refractivity contribution in [1.29, 1.82) is 0 Å². The lowest BCUT2D eigenvalue weighted by Crippen LogP contribution is -2.25. The van der Waals surface area contributed by atoms with Crippen molar-refractivity contribution in [3.8, 4) is 11.5 Å². The molecule has 0 radical (unpaired) electrons. The topological polar surface area (TPSA) is 109 Å². The lowest BCUT2D eigenvalue weighted by Gasteiger charge is -2.22. The minimum Gasteiger partial charge on any atom is -0.490 e. The highest BCUT2D eigenvalue weighted by Gasteiger charge is 2.23. The summed E-state index contributed by atoms with van der Waals surface area (Å²) in [5.41, 5.74) is 6.18. The number of hydrogen-bond donors (Lipinski definition) is 1. The molecule has 3 aromatic rings. The van der Waals surface area contributed by atoms with Crippen LogP contribution in [0.25, 0.3) is 10.9 Å². The van der Waals surface area contributed by atoms with Crippen molar-refractivity contribution in [2.45, 2.75) is 44.9 Å². The summed E-state index contributed by atoms with van der Waals surface area (Å²) >= 11 is 13.4. The number of rotatable bonds is 8.